The van der Waals surface area contributed by atoms with Crippen molar-refractivity contribution in [3.8, 4) is 0 Å². The summed E-state index contributed by atoms with van der Waals surface area (Å²) < 4.78 is 0. The highest BCUT2D eigenvalue weighted by Gasteiger charge is 2.50. The van der Waals surface area contributed by atoms with Gasteiger partial charge in [-0.25, -0.2) is 0 Å². The summed E-state index contributed by atoms with van der Waals surface area (Å²) in [6.07, 6.45) is 8.64. The number of nitrogens with zero attached hydrogens (tertiary/aromatic N) is 2. The molecule has 0 N–H and O–H groups in total. The van der Waals surface area contributed by atoms with Gasteiger partial charge in [0.05, 0.1) is 0 Å². The molecule has 0 bridgehead atoms. The van der Waals surface area contributed by atoms with Crippen LogP contribution in [0.1, 0.15) is 44.9 Å². The molecule has 3 nitrogen and oxygen atoms in total. The Balaban J connectivity index is 1.66. The molecule has 1 amide bonds. The predicted molar refractivity (Wildman–Crippen MR) is 70.2 cm³/mol. The van der Waals surface area contributed by atoms with E-state index in [1.54, 1.807) is 0 Å². The van der Waals surface area contributed by atoms with Crippen LogP contribution >= 0.6 is 0 Å². The van der Waals surface area contributed by atoms with Gasteiger partial charge in [0, 0.05) is 25.0 Å². The molecule has 18 heavy (non-hydrogen) atoms. The van der Waals surface area contributed by atoms with Crippen LogP contribution in [0.3, 0.4) is 0 Å². The Morgan fingerprint density at radius 2 is 1.83 bits per heavy atom. The average molecular weight is 248 g/mol. The molecule has 4 aliphatic heterocycles. The summed E-state index contributed by atoms with van der Waals surface area (Å²) in [4.78, 5) is 17.2. The van der Waals surface area contributed by atoms with Crippen LogP contribution in [0.2, 0.25) is 0 Å². The maximum atomic E-state index is 12.2. The molecule has 0 radical (unpaired) electrons. The SMILES string of the molecule is O=C1CCC[C@H]2[C@@H]3CCCN4CCC[C@H](CN12)C34. The maximum absolute atomic E-state index is 12.2. The van der Waals surface area contributed by atoms with E-state index in [1.807, 2.05) is 0 Å². The lowest BCUT2D eigenvalue weighted by Crippen LogP contribution is -2.66. The van der Waals surface area contributed by atoms with Crippen LogP contribution in [0.25, 0.3) is 0 Å². The number of piperidine rings is 4. The van der Waals surface area contributed by atoms with Gasteiger partial charge in [0.1, 0.15) is 0 Å². The van der Waals surface area contributed by atoms with Gasteiger partial charge in [-0.05, 0) is 63.5 Å². The fraction of sp³-hybridized carbons (Fsp3) is 0.933. The van der Waals surface area contributed by atoms with Gasteiger partial charge in [0.2, 0.25) is 5.91 Å². The van der Waals surface area contributed by atoms with Crippen molar-refractivity contribution in [1.82, 2.24) is 9.80 Å². The topological polar surface area (TPSA) is 23.6 Å². The minimum atomic E-state index is 0.451. The van der Waals surface area contributed by atoms with Crippen LogP contribution < -0.4 is 0 Å². The molecule has 0 saturated carbocycles. The van der Waals surface area contributed by atoms with Crippen molar-refractivity contribution in [3.05, 3.63) is 0 Å². The molecule has 4 saturated heterocycles. The van der Waals surface area contributed by atoms with E-state index in [0.717, 1.165) is 37.3 Å². The van der Waals surface area contributed by atoms with Crippen LogP contribution in [0.4, 0.5) is 0 Å². The highest BCUT2D eigenvalue weighted by molar-refractivity contribution is 5.77. The van der Waals surface area contributed by atoms with Crippen LogP contribution in [-0.2, 0) is 4.79 Å². The third-order valence-corrected chi connectivity index (χ3v) is 5.88. The normalized spacial score (nSPS) is 44.4. The summed E-state index contributed by atoms with van der Waals surface area (Å²) >= 11 is 0. The van der Waals surface area contributed by atoms with Crippen LogP contribution in [0.15, 0.2) is 0 Å². The summed E-state index contributed by atoms with van der Waals surface area (Å²) in [5.74, 6) is 2.02. The largest absolute Gasteiger partial charge is 0.339 e. The fourth-order valence-corrected chi connectivity index (χ4v) is 5.26. The molecule has 0 aliphatic carbocycles. The van der Waals surface area contributed by atoms with E-state index in [2.05, 4.69) is 9.80 Å². The standard InChI is InChI=1S/C15H24N2O/c18-14-7-1-6-13-12-5-3-9-16-8-2-4-11(15(12)16)10-17(13)14/h11-13,15H,1-10H2/t11-,12+,13+,15?/m1/s1. The highest BCUT2D eigenvalue weighted by atomic mass is 16.2. The molecule has 0 spiro atoms. The first-order chi connectivity index (χ1) is 8.84. The smallest absolute Gasteiger partial charge is 0.222 e. The lowest BCUT2D eigenvalue weighted by atomic mass is 9.68. The quantitative estimate of drug-likeness (QED) is 0.653. The molecule has 4 rings (SSSR count). The first kappa shape index (κ1) is 11.3. The molecule has 0 aromatic rings. The van der Waals surface area contributed by atoms with Crippen molar-refractivity contribution in [3.63, 3.8) is 0 Å². The Labute approximate surface area is 110 Å². The molecule has 1 unspecified atom stereocenters. The predicted octanol–water partition coefficient (Wildman–Crippen LogP) is 1.87. The zero-order valence-electron chi connectivity index (χ0n) is 11.2. The first-order valence-electron chi connectivity index (χ1n) is 7.88. The van der Waals surface area contributed by atoms with Gasteiger partial charge < -0.3 is 4.90 Å². The van der Waals surface area contributed by atoms with E-state index in [0.29, 0.717) is 11.9 Å². The van der Waals surface area contributed by atoms with Gasteiger partial charge >= 0.3 is 0 Å². The summed E-state index contributed by atoms with van der Waals surface area (Å²) in [5.41, 5.74) is 0. The Kier molecular flexibility index (Phi) is 2.65. The van der Waals surface area contributed by atoms with E-state index in [4.69, 9.17) is 0 Å². The second-order valence-electron chi connectivity index (χ2n) is 6.74. The van der Waals surface area contributed by atoms with Gasteiger partial charge in [0.15, 0.2) is 0 Å². The molecular weight excluding hydrogens is 224 g/mol. The maximum Gasteiger partial charge on any atom is 0.222 e. The molecular formula is C15H24N2O. The average Bonchev–Trinajstić information content (AvgIpc) is 2.41. The first-order valence-corrected chi connectivity index (χ1v) is 7.88. The Morgan fingerprint density at radius 3 is 2.72 bits per heavy atom. The highest BCUT2D eigenvalue weighted by Crippen LogP contribution is 2.44. The van der Waals surface area contributed by atoms with Crippen molar-refractivity contribution in [2.24, 2.45) is 11.8 Å². The summed E-state index contributed by atoms with van der Waals surface area (Å²) in [6, 6.07) is 1.41. The van der Waals surface area contributed by atoms with Gasteiger partial charge in [-0.2, -0.15) is 0 Å². The Morgan fingerprint density at radius 1 is 1.00 bits per heavy atom. The van der Waals surface area contributed by atoms with Crippen LogP contribution in [0, 0.1) is 11.8 Å². The van der Waals surface area contributed by atoms with Gasteiger partial charge in [-0.15, -0.1) is 0 Å². The second kappa shape index (κ2) is 4.22. The third kappa shape index (κ3) is 1.56. The Hall–Kier alpha value is -0.570. The second-order valence-corrected chi connectivity index (χ2v) is 6.74. The summed E-state index contributed by atoms with van der Waals surface area (Å²) in [7, 11) is 0. The monoisotopic (exact) mass is 248 g/mol. The van der Waals surface area contributed by atoms with Gasteiger partial charge in [-0.3, -0.25) is 9.69 Å². The van der Waals surface area contributed by atoms with Crippen molar-refractivity contribution in [1.29, 1.82) is 0 Å². The number of amides is 1. The van der Waals surface area contributed by atoms with Crippen molar-refractivity contribution < 1.29 is 4.79 Å². The minimum Gasteiger partial charge on any atom is -0.339 e. The lowest BCUT2D eigenvalue weighted by Gasteiger charge is -2.58. The van der Waals surface area contributed by atoms with Crippen molar-refractivity contribution in [2.45, 2.75) is 57.0 Å². The summed E-state index contributed by atoms with van der Waals surface area (Å²) in [6.45, 7) is 3.71. The van der Waals surface area contributed by atoms with Crippen LogP contribution in [0.5, 0.6) is 0 Å². The molecule has 4 atom stereocenters. The molecule has 4 heterocycles. The van der Waals surface area contributed by atoms with E-state index < -0.39 is 0 Å². The Bertz CT molecular complexity index is 354. The van der Waals surface area contributed by atoms with E-state index in [9.17, 15) is 4.79 Å². The molecule has 100 valence electrons. The van der Waals surface area contributed by atoms with E-state index in [1.165, 1.54) is 45.2 Å². The third-order valence-electron chi connectivity index (χ3n) is 5.88. The van der Waals surface area contributed by atoms with E-state index in [-0.39, 0.29) is 0 Å². The number of hydrogen-bond acceptors (Lipinski definition) is 2. The number of carbonyl (C=O) groups is 1. The molecule has 0 aromatic carbocycles. The minimum absolute atomic E-state index is 0.451. The van der Waals surface area contributed by atoms with Gasteiger partial charge in [0.25, 0.3) is 0 Å². The van der Waals surface area contributed by atoms with Crippen molar-refractivity contribution >= 4 is 5.91 Å². The summed E-state index contributed by atoms with van der Waals surface area (Å²) in [5, 5.41) is 0. The zero-order chi connectivity index (χ0) is 12.1. The zero-order valence-corrected chi connectivity index (χ0v) is 11.2. The molecule has 3 heteroatoms. The molecule has 0 aromatic heterocycles. The number of fused-ring (bicyclic) bond motifs is 2. The number of hydrogen-bond donors (Lipinski definition) is 0. The number of carbonyl (C=O) groups excluding carboxylic acids is 1. The van der Waals surface area contributed by atoms with Gasteiger partial charge in [-0.1, -0.05) is 0 Å². The molecule has 4 fully saturated rings. The van der Waals surface area contributed by atoms with Crippen molar-refractivity contribution in [2.75, 3.05) is 19.6 Å². The molecule has 4 aliphatic rings. The van der Waals surface area contributed by atoms with E-state index >= 15 is 0 Å². The van der Waals surface area contributed by atoms with Crippen LogP contribution in [-0.4, -0.2) is 47.4 Å². The fourth-order valence-electron chi connectivity index (χ4n) is 5.26. The lowest BCUT2D eigenvalue weighted by molar-refractivity contribution is -0.150. The number of rotatable bonds is 0.